The van der Waals surface area contributed by atoms with E-state index in [1.54, 1.807) is 6.20 Å². The molecule has 0 saturated heterocycles. The van der Waals surface area contributed by atoms with E-state index < -0.39 is 0 Å². The maximum Gasteiger partial charge on any atom is 0.258 e. The van der Waals surface area contributed by atoms with Gasteiger partial charge in [0.05, 0.1) is 11.7 Å². The van der Waals surface area contributed by atoms with E-state index in [2.05, 4.69) is 31.0 Å². The molecule has 0 aliphatic rings. The highest BCUT2D eigenvalue weighted by atomic mass is 32.1. The summed E-state index contributed by atoms with van der Waals surface area (Å²) in [7, 11) is 0. The summed E-state index contributed by atoms with van der Waals surface area (Å²) in [5.41, 5.74) is 2.77. The molecule has 8 nitrogen and oxygen atoms in total. The number of H-pyrrole nitrogens is 1. The fourth-order valence-electron chi connectivity index (χ4n) is 2.77. The van der Waals surface area contributed by atoms with Crippen LogP contribution in [0, 0.1) is 0 Å². The van der Waals surface area contributed by atoms with Gasteiger partial charge in [-0.05, 0) is 44.2 Å². The molecule has 0 fully saturated rings. The zero-order chi connectivity index (χ0) is 20.2. The van der Waals surface area contributed by atoms with Gasteiger partial charge in [0, 0.05) is 22.7 Å². The van der Waals surface area contributed by atoms with Gasteiger partial charge < -0.3 is 15.4 Å². The van der Waals surface area contributed by atoms with Crippen LogP contribution in [-0.2, 0) is 4.79 Å². The van der Waals surface area contributed by atoms with Crippen LogP contribution in [0.25, 0.3) is 21.5 Å². The van der Waals surface area contributed by atoms with Gasteiger partial charge in [-0.25, -0.2) is 0 Å². The molecule has 9 heteroatoms. The third-order valence-corrected chi connectivity index (χ3v) is 4.90. The lowest BCUT2D eigenvalue weighted by atomic mass is 10.2. The zero-order valence-corrected chi connectivity index (χ0v) is 16.8. The number of nitrogens with one attached hydrogen (secondary N) is 3. The minimum atomic E-state index is -0.151. The first kappa shape index (κ1) is 18.9. The number of hydrogen-bond donors (Lipinski definition) is 3. The number of carbonyl (C=O) groups excluding carboxylic acids is 1. The smallest absolute Gasteiger partial charge is 0.258 e. The molecule has 4 rings (SSSR count). The summed E-state index contributed by atoms with van der Waals surface area (Å²) in [6.45, 7) is 3.79. The van der Waals surface area contributed by atoms with Crippen LogP contribution >= 0.6 is 11.3 Å². The summed E-state index contributed by atoms with van der Waals surface area (Å²) in [6, 6.07) is 13.5. The first-order valence-electron chi connectivity index (χ1n) is 9.13. The van der Waals surface area contributed by atoms with Crippen molar-refractivity contribution in [2.45, 2.75) is 19.9 Å². The number of aromatic amines is 1. The predicted octanol–water partition coefficient (Wildman–Crippen LogP) is 3.73. The molecule has 148 valence electrons. The summed E-state index contributed by atoms with van der Waals surface area (Å²) in [6.07, 6.45) is 1.78. The van der Waals surface area contributed by atoms with Gasteiger partial charge in [0.1, 0.15) is 10.8 Å². The van der Waals surface area contributed by atoms with Crippen LogP contribution in [0.2, 0.25) is 0 Å². The lowest BCUT2D eigenvalue weighted by molar-refractivity contribution is -0.123. The van der Waals surface area contributed by atoms with Gasteiger partial charge in [-0.3, -0.25) is 9.89 Å². The fourth-order valence-corrected chi connectivity index (χ4v) is 3.53. The number of rotatable bonds is 7. The summed E-state index contributed by atoms with van der Waals surface area (Å²) >= 11 is 1.44. The lowest BCUT2D eigenvalue weighted by Gasteiger charge is -2.10. The van der Waals surface area contributed by atoms with Crippen LogP contribution in [-0.4, -0.2) is 39.0 Å². The van der Waals surface area contributed by atoms with Crippen molar-refractivity contribution in [1.82, 2.24) is 25.7 Å². The molecule has 0 aliphatic heterocycles. The highest BCUT2D eigenvalue weighted by Gasteiger charge is 2.10. The molecular formula is C20H20N6O2S. The second-order valence-electron chi connectivity index (χ2n) is 6.75. The van der Waals surface area contributed by atoms with E-state index in [9.17, 15) is 4.79 Å². The summed E-state index contributed by atoms with van der Waals surface area (Å²) in [5.74, 6) is 0.457. The van der Waals surface area contributed by atoms with Crippen LogP contribution in [0.15, 0.2) is 48.7 Å². The van der Waals surface area contributed by atoms with Gasteiger partial charge in [0.15, 0.2) is 6.61 Å². The summed E-state index contributed by atoms with van der Waals surface area (Å²) in [4.78, 5) is 11.8. The molecule has 0 radical (unpaired) electrons. The standard InChI is InChI=1S/C20H20N6O2S/c1-12(2)22-18(27)11-28-16-5-3-4-13(9-16)19-25-26-20(29-19)23-15-6-7-17-14(8-15)10-21-24-17/h3-10,12H,11H2,1-2H3,(H,21,24)(H,22,27)(H,23,26). The van der Waals surface area contributed by atoms with Gasteiger partial charge >= 0.3 is 0 Å². The molecule has 1 amide bonds. The Bertz CT molecular complexity index is 1140. The Morgan fingerprint density at radius 1 is 1.21 bits per heavy atom. The van der Waals surface area contributed by atoms with Crippen LogP contribution in [0.3, 0.4) is 0 Å². The molecule has 0 unspecified atom stereocenters. The third kappa shape index (κ3) is 4.69. The Kier molecular flexibility index (Phi) is 5.39. The number of fused-ring (bicyclic) bond motifs is 1. The van der Waals surface area contributed by atoms with Crippen molar-refractivity contribution in [3.63, 3.8) is 0 Å². The van der Waals surface area contributed by atoms with Gasteiger partial charge in [0.2, 0.25) is 5.13 Å². The van der Waals surface area contributed by atoms with Crippen molar-refractivity contribution in [2.75, 3.05) is 11.9 Å². The molecule has 0 aliphatic carbocycles. The number of carbonyl (C=O) groups is 1. The normalized spacial score (nSPS) is 11.0. The number of aromatic nitrogens is 4. The summed E-state index contributed by atoms with van der Waals surface area (Å²) < 4.78 is 5.59. The largest absolute Gasteiger partial charge is 0.484 e. The number of amides is 1. The predicted molar refractivity (Wildman–Crippen MR) is 113 cm³/mol. The highest BCUT2D eigenvalue weighted by Crippen LogP contribution is 2.30. The Morgan fingerprint density at radius 2 is 2.10 bits per heavy atom. The van der Waals surface area contributed by atoms with Crippen LogP contribution in [0.4, 0.5) is 10.8 Å². The molecule has 4 aromatic rings. The molecule has 0 spiro atoms. The molecule has 29 heavy (non-hydrogen) atoms. The molecule has 0 atom stereocenters. The van der Waals surface area contributed by atoms with E-state index in [-0.39, 0.29) is 18.6 Å². The number of ether oxygens (including phenoxy) is 1. The van der Waals surface area contributed by atoms with Crippen molar-refractivity contribution in [1.29, 1.82) is 0 Å². The average Bonchev–Trinajstić information content (AvgIpc) is 3.35. The number of benzene rings is 2. The Balaban J connectivity index is 1.44. The van der Waals surface area contributed by atoms with Gasteiger partial charge in [-0.15, -0.1) is 10.2 Å². The van der Waals surface area contributed by atoms with E-state index in [1.165, 1.54) is 11.3 Å². The quantitative estimate of drug-likeness (QED) is 0.430. The van der Waals surface area contributed by atoms with Gasteiger partial charge in [0.25, 0.3) is 5.91 Å². The fraction of sp³-hybridized carbons (Fsp3) is 0.200. The molecule has 2 heterocycles. The lowest BCUT2D eigenvalue weighted by Crippen LogP contribution is -2.34. The van der Waals surface area contributed by atoms with E-state index in [0.29, 0.717) is 10.9 Å². The second-order valence-corrected chi connectivity index (χ2v) is 7.73. The van der Waals surface area contributed by atoms with E-state index in [1.807, 2.05) is 56.3 Å². The Hall–Kier alpha value is -3.46. The first-order valence-corrected chi connectivity index (χ1v) is 9.95. The zero-order valence-electron chi connectivity index (χ0n) is 16.0. The van der Waals surface area contributed by atoms with Crippen molar-refractivity contribution >= 4 is 39.0 Å². The molecule has 3 N–H and O–H groups in total. The Labute approximate surface area is 171 Å². The molecule has 0 bridgehead atoms. The molecular weight excluding hydrogens is 388 g/mol. The van der Waals surface area contributed by atoms with E-state index >= 15 is 0 Å². The SMILES string of the molecule is CC(C)NC(=O)COc1cccc(-c2nnc(Nc3ccc4[nH]ncc4c3)s2)c1. The average molecular weight is 408 g/mol. The van der Waals surface area contributed by atoms with E-state index in [0.717, 1.165) is 27.2 Å². The van der Waals surface area contributed by atoms with Crippen molar-refractivity contribution < 1.29 is 9.53 Å². The van der Waals surface area contributed by atoms with Crippen molar-refractivity contribution in [2.24, 2.45) is 0 Å². The number of anilines is 2. The Morgan fingerprint density at radius 3 is 2.97 bits per heavy atom. The maximum absolute atomic E-state index is 11.8. The van der Waals surface area contributed by atoms with E-state index in [4.69, 9.17) is 4.74 Å². The number of nitrogens with zero attached hydrogens (tertiary/aromatic N) is 3. The second kappa shape index (κ2) is 8.27. The monoisotopic (exact) mass is 408 g/mol. The van der Waals surface area contributed by atoms with Crippen LogP contribution < -0.4 is 15.4 Å². The highest BCUT2D eigenvalue weighted by molar-refractivity contribution is 7.18. The molecule has 2 aromatic carbocycles. The molecule has 2 aromatic heterocycles. The number of hydrogen-bond acceptors (Lipinski definition) is 7. The minimum absolute atomic E-state index is 0.0267. The minimum Gasteiger partial charge on any atom is -0.484 e. The summed E-state index contributed by atoms with van der Waals surface area (Å²) in [5, 5.41) is 24.0. The van der Waals surface area contributed by atoms with Crippen LogP contribution in [0.1, 0.15) is 13.8 Å². The van der Waals surface area contributed by atoms with Gasteiger partial charge in [-0.2, -0.15) is 5.10 Å². The van der Waals surface area contributed by atoms with Crippen molar-refractivity contribution in [3.8, 4) is 16.3 Å². The topological polar surface area (TPSA) is 105 Å². The maximum atomic E-state index is 11.8. The van der Waals surface area contributed by atoms with Crippen LogP contribution in [0.5, 0.6) is 5.75 Å². The molecule has 0 saturated carbocycles. The first-order chi connectivity index (χ1) is 14.1. The van der Waals surface area contributed by atoms with Crippen molar-refractivity contribution in [3.05, 3.63) is 48.7 Å². The van der Waals surface area contributed by atoms with Gasteiger partial charge in [-0.1, -0.05) is 23.5 Å². The third-order valence-electron chi connectivity index (χ3n) is 4.02.